The number of carbonyl (C=O) groups is 1. The zero-order chi connectivity index (χ0) is 30.4. The highest BCUT2D eigenvalue weighted by Crippen LogP contribution is 2.42. The zero-order valence-corrected chi connectivity index (χ0v) is 23.9. The van der Waals surface area contributed by atoms with Gasteiger partial charge in [0.15, 0.2) is 18.1 Å². The van der Waals surface area contributed by atoms with Gasteiger partial charge in [0.05, 0.1) is 18.4 Å². The number of allylic oxidation sites excluding steroid dienone is 1. The van der Waals surface area contributed by atoms with Gasteiger partial charge in [-0.25, -0.2) is 9.48 Å². The minimum absolute atomic E-state index is 0.0885. The van der Waals surface area contributed by atoms with Crippen molar-refractivity contribution in [3.63, 3.8) is 0 Å². The summed E-state index contributed by atoms with van der Waals surface area (Å²) in [4.78, 5) is 40.1. The first-order valence-electron chi connectivity index (χ1n) is 13.5. The van der Waals surface area contributed by atoms with Crippen molar-refractivity contribution in [2.75, 3.05) is 20.5 Å². The molecule has 2 N–H and O–H groups in total. The summed E-state index contributed by atoms with van der Waals surface area (Å²) in [5.74, 6) is 1.13. The van der Waals surface area contributed by atoms with Crippen molar-refractivity contribution < 1.29 is 32.9 Å². The quantitative estimate of drug-likeness (QED) is 0.263. The Hall–Kier alpha value is -5.49. The number of fused-ring (bicyclic) bond motifs is 2. The molecule has 1 aliphatic carbocycles. The summed E-state index contributed by atoms with van der Waals surface area (Å²) in [6, 6.07) is 19.0. The van der Waals surface area contributed by atoms with Gasteiger partial charge >= 0.3 is 11.3 Å². The van der Waals surface area contributed by atoms with Crippen LogP contribution in [0.5, 0.6) is 23.0 Å². The number of aromatic nitrogens is 4. The van der Waals surface area contributed by atoms with E-state index in [-0.39, 0.29) is 25.5 Å². The number of H-pyrrole nitrogens is 2. The van der Waals surface area contributed by atoms with Crippen LogP contribution in [0.25, 0.3) is 17.3 Å². The molecule has 44 heavy (non-hydrogen) atoms. The van der Waals surface area contributed by atoms with Crippen LogP contribution in [0.4, 0.5) is 0 Å². The highest BCUT2D eigenvalue weighted by molar-refractivity contribution is 6.30. The molecule has 0 bridgehead atoms. The average molecular weight is 616 g/mol. The van der Waals surface area contributed by atoms with E-state index in [0.29, 0.717) is 50.5 Å². The number of hydrogen-bond donors (Lipinski definition) is 2. The van der Waals surface area contributed by atoms with Crippen LogP contribution in [0.2, 0.25) is 5.02 Å². The molecule has 13 heteroatoms. The van der Waals surface area contributed by atoms with Crippen molar-refractivity contribution in [2.24, 2.45) is 0 Å². The Labute approximate surface area is 253 Å². The fraction of sp³-hybridized carbons (Fsp3) is 0.161. The highest BCUT2D eigenvalue weighted by Gasteiger charge is 2.37. The van der Waals surface area contributed by atoms with E-state index < -0.39 is 23.0 Å². The number of nitrogens with zero attached hydrogens (tertiary/aromatic N) is 2. The smallest absolute Gasteiger partial charge is 0.435 e. The summed E-state index contributed by atoms with van der Waals surface area (Å²) < 4.78 is 29.9. The van der Waals surface area contributed by atoms with E-state index in [2.05, 4.69) is 10.4 Å². The summed E-state index contributed by atoms with van der Waals surface area (Å²) in [5, 5.41) is 5.86. The van der Waals surface area contributed by atoms with Crippen LogP contribution >= 0.6 is 11.6 Å². The van der Waals surface area contributed by atoms with Crippen LogP contribution in [0, 0.1) is 0 Å². The van der Waals surface area contributed by atoms with Crippen LogP contribution < -0.4 is 34.8 Å². The van der Waals surface area contributed by atoms with Gasteiger partial charge in [0.2, 0.25) is 12.5 Å². The van der Waals surface area contributed by atoms with Gasteiger partial charge in [-0.05, 0) is 76.5 Å². The van der Waals surface area contributed by atoms with E-state index in [1.807, 2.05) is 6.07 Å². The summed E-state index contributed by atoms with van der Waals surface area (Å²) in [5.41, 5.74) is 1.68. The number of methoxy groups -OCH3 is 1. The van der Waals surface area contributed by atoms with Crippen LogP contribution in [-0.2, 0) is 0 Å². The van der Waals surface area contributed by atoms with Crippen LogP contribution in [0.3, 0.4) is 0 Å². The number of carbonyl (C=O) groups excluding carboxylic acids is 1. The average Bonchev–Trinajstić information content (AvgIpc) is 3.77. The number of hydrogen-bond acceptors (Lipinski definition) is 8. The molecule has 0 fully saturated rings. The molecule has 3 aromatic carbocycles. The monoisotopic (exact) mass is 615 g/mol. The van der Waals surface area contributed by atoms with E-state index >= 15 is 0 Å². The fourth-order valence-corrected chi connectivity index (χ4v) is 5.59. The molecule has 0 radical (unpaired) electrons. The Morgan fingerprint density at radius 3 is 2.55 bits per heavy atom. The molecule has 0 amide bonds. The van der Waals surface area contributed by atoms with Crippen molar-refractivity contribution >= 4 is 29.2 Å². The summed E-state index contributed by atoms with van der Waals surface area (Å²) in [6.07, 6.45) is 1.89. The summed E-state index contributed by atoms with van der Waals surface area (Å²) in [6.45, 7) is -0.278. The Morgan fingerprint density at radius 1 is 1.02 bits per heavy atom. The lowest BCUT2D eigenvalue weighted by Gasteiger charge is -2.22. The fourth-order valence-electron chi connectivity index (χ4n) is 5.46. The molecule has 7 rings (SSSR count). The van der Waals surface area contributed by atoms with E-state index in [4.69, 9.17) is 35.1 Å². The first-order valence-corrected chi connectivity index (χ1v) is 13.9. The maximum Gasteiger partial charge on any atom is 0.435 e. The van der Waals surface area contributed by atoms with E-state index in [1.54, 1.807) is 73.8 Å². The first kappa shape index (κ1) is 27.3. The van der Waals surface area contributed by atoms with Gasteiger partial charge < -0.3 is 18.9 Å². The van der Waals surface area contributed by atoms with E-state index in [1.165, 1.54) is 4.68 Å². The molecule has 1 aliphatic heterocycles. The maximum absolute atomic E-state index is 13.5. The minimum Gasteiger partial charge on any atom is -0.497 e. The second kappa shape index (κ2) is 11.0. The maximum atomic E-state index is 13.5. The minimum atomic E-state index is -0.623. The Morgan fingerprint density at radius 2 is 1.77 bits per heavy atom. The number of aromatic amines is 2. The van der Waals surface area contributed by atoms with Crippen molar-refractivity contribution in [1.82, 2.24) is 15.1 Å². The van der Waals surface area contributed by atoms with Crippen LogP contribution in [-0.4, -0.2) is 41.5 Å². The molecule has 3 heterocycles. The van der Waals surface area contributed by atoms with Gasteiger partial charge in [0.25, 0.3) is 11.5 Å². The Kier molecular flexibility index (Phi) is 6.82. The van der Waals surface area contributed by atoms with Gasteiger partial charge in [0, 0.05) is 28.6 Å². The van der Waals surface area contributed by atoms with E-state index in [0.717, 1.165) is 10.2 Å². The molecule has 5 aromatic rings. The standard InChI is InChI=1S/C31H23ClN4O8/c1-40-21-9-5-20(6-10-21)35-29(31(39)44-34-35)18-12-23(17-2-11-25-26(14-17)43-16-42-25)28-24(13-18)36(33-30(28)38)27(37)15-41-22-7-3-19(32)4-8-22/h2-11,13-14,23H,12,15-16H2,1H3,(H-,33,34,38,39)/p+1. The number of ether oxygens (including phenoxy) is 4. The van der Waals surface area contributed by atoms with Gasteiger partial charge in [-0.2, -0.15) is 0 Å². The molecular formula is C31H24ClN4O8+. The van der Waals surface area contributed by atoms with Crippen LogP contribution in [0.1, 0.15) is 39.6 Å². The number of halogens is 1. The summed E-state index contributed by atoms with van der Waals surface area (Å²) in [7, 11) is 1.56. The second-order valence-electron chi connectivity index (χ2n) is 10.1. The van der Waals surface area contributed by atoms with Gasteiger partial charge in [-0.1, -0.05) is 17.7 Å². The van der Waals surface area contributed by atoms with Gasteiger partial charge in [0.1, 0.15) is 11.5 Å². The van der Waals surface area contributed by atoms with Crippen molar-refractivity contribution in [3.05, 3.63) is 115 Å². The molecule has 222 valence electrons. The third-order valence-electron chi connectivity index (χ3n) is 7.56. The second-order valence-corrected chi connectivity index (χ2v) is 10.5. The third kappa shape index (κ3) is 4.84. The Bertz CT molecular complexity index is 2040. The molecule has 12 nitrogen and oxygen atoms in total. The largest absolute Gasteiger partial charge is 0.497 e. The summed E-state index contributed by atoms with van der Waals surface area (Å²) >= 11 is 5.95. The number of nitrogens with one attached hydrogen (secondary N) is 2. The highest BCUT2D eigenvalue weighted by atomic mass is 35.5. The molecular weight excluding hydrogens is 592 g/mol. The lowest BCUT2D eigenvalue weighted by Crippen LogP contribution is -2.38. The van der Waals surface area contributed by atoms with Crippen LogP contribution in [0.15, 0.2) is 80.8 Å². The lowest BCUT2D eigenvalue weighted by atomic mass is 9.80. The predicted octanol–water partition coefficient (Wildman–Crippen LogP) is 3.92. The van der Waals surface area contributed by atoms with Crippen molar-refractivity contribution in [3.8, 4) is 28.7 Å². The van der Waals surface area contributed by atoms with Gasteiger partial charge in [-0.3, -0.25) is 19.2 Å². The van der Waals surface area contributed by atoms with Gasteiger partial charge in [-0.15, -0.1) is 0 Å². The number of rotatable bonds is 7. The SMILES string of the molecule is COc1ccc(-[n+]2[nH]oc(=O)c2C2=Cc3c(c(=O)[nH]n3C(=O)COc3ccc(Cl)cc3)C(c3ccc4c(c3)OCO4)C2)cc1. The Balaban J connectivity index is 1.33. The molecule has 2 aliphatic rings. The zero-order valence-electron chi connectivity index (χ0n) is 23.2. The molecule has 0 saturated heterocycles. The van der Waals surface area contributed by atoms with Crippen molar-refractivity contribution in [2.45, 2.75) is 12.3 Å². The molecule has 1 atom stereocenters. The topological polar surface area (TPSA) is 142 Å². The number of benzene rings is 3. The van der Waals surface area contributed by atoms with Crippen molar-refractivity contribution in [1.29, 1.82) is 0 Å². The normalized spacial score (nSPS) is 15.0. The van der Waals surface area contributed by atoms with E-state index in [9.17, 15) is 14.4 Å². The predicted molar refractivity (Wildman–Crippen MR) is 157 cm³/mol. The lowest BCUT2D eigenvalue weighted by molar-refractivity contribution is -0.672. The molecule has 0 saturated carbocycles. The molecule has 0 spiro atoms. The third-order valence-corrected chi connectivity index (χ3v) is 7.82. The first-order chi connectivity index (χ1) is 21.4. The molecule has 1 unspecified atom stereocenters. The molecule has 2 aromatic heterocycles.